The summed E-state index contributed by atoms with van der Waals surface area (Å²) in [6.07, 6.45) is 2.92. The third-order valence-electron chi connectivity index (χ3n) is 4.29. The van der Waals surface area contributed by atoms with E-state index in [-0.39, 0.29) is 12.2 Å². The fourth-order valence-corrected chi connectivity index (χ4v) is 3.29. The van der Waals surface area contributed by atoms with Gasteiger partial charge in [0.15, 0.2) is 0 Å². The standard InChI is InChI=1S/C17H24ClNO2/c1-11(2)15-8-7-12(3)9-16(15)21-17(20)19-14-6-4-5-13(18)10-14/h4-6,10-12,15-16H,7-9H2,1-3H3,(H,19,20)/t12-,15-,16-/m1/s1. The Balaban J connectivity index is 1.96. The molecule has 0 saturated heterocycles. The summed E-state index contributed by atoms with van der Waals surface area (Å²) in [6, 6.07) is 7.09. The van der Waals surface area contributed by atoms with Gasteiger partial charge in [-0.1, -0.05) is 44.9 Å². The molecule has 0 radical (unpaired) electrons. The Morgan fingerprint density at radius 2 is 2.14 bits per heavy atom. The van der Waals surface area contributed by atoms with Gasteiger partial charge in [0.2, 0.25) is 0 Å². The first-order chi connectivity index (χ1) is 9.95. The number of halogens is 1. The number of hydrogen-bond donors (Lipinski definition) is 1. The molecule has 1 aromatic carbocycles. The van der Waals surface area contributed by atoms with Crippen molar-refractivity contribution < 1.29 is 9.53 Å². The molecule has 4 heteroatoms. The first kappa shape index (κ1) is 16.2. The van der Waals surface area contributed by atoms with Crippen molar-refractivity contribution in [1.29, 1.82) is 0 Å². The van der Waals surface area contributed by atoms with E-state index in [1.54, 1.807) is 24.3 Å². The van der Waals surface area contributed by atoms with E-state index in [1.807, 2.05) is 0 Å². The molecule has 0 unspecified atom stereocenters. The number of ether oxygens (including phenoxy) is 1. The van der Waals surface area contributed by atoms with Crippen LogP contribution in [0.25, 0.3) is 0 Å². The van der Waals surface area contributed by atoms with Gasteiger partial charge in [-0.3, -0.25) is 5.32 Å². The molecule has 1 fully saturated rings. The average molecular weight is 310 g/mol. The number of anilines is 1. The monoisotopic (exact) mass is 309 g/mol. The second-order valence-corrected chi connectivity index (χ2v) is 6.84. The zero-order chi connectivity index (χ0) is 15.4. The van der Waals surface area contributed by atoms with Crippen LogP contribution >= 0.6 is 11.6 Å². The molecule has 1 saturated carbocycles. The fourth-order valence-electron chi connectivity index (χ4n) is 3.10. The molecule has 1 aromatic rings. The van der Waals surface area contributed by atoms with Crippen LogP contribution in [0, 0.1) is 17.8 Å². The van der Waals surface area contributed by atoms with Gasteiger partial charge in [-0.25, -0.2) is 4.79 Å². The Bertz CT molecular complexity index is 489. The van der Waals surface area contributed by atoms with Gasteiger partial charge in [0.05, 0.1) is 0 Å². The summed E-state index contributed by atoms with van der Waals surface area (Å²) in [4.78, 5) is 12.1. The average Bonchev–Trinajstić information content (AvgIpc) is 2.38. The van der Waals surface area contributed by atoms with Gasteiger partial charge in [-0.2, -0.15) is 0 Å². The molecule has 1 N–H and O–H groups in total. The largest absolute Gasteiger partial charge is 0.446 e. The lowest BCUT2D eigenvalue weighted by atomic mass is 9.75. The van der Waals surface area contributed by atoms with Gasteiger partial charge in [0.1, 0.15) is 6.10 Å². The minimum absolute atomic E-state index is 0.00735. The van der Waals surface area contributed by atoms with Crippen LogP contribution in [0.2, 0.25) is 5.02 Å². The highest BCUT2D eigenvalue weighted by Gasteiger charge is 2.33. The normalized spacial score (nSPS) is 25.7. The zero-order valence-electron chi connectivity index (χ0n) is 12.9. The van der Waals surface area contributed by atoms with E-state index in [4.69, 9.17) is 16.3 Å². The smallest absolute Gasteiger partial charge is 0.411 e. The van der Waals surface area contributed by atoms with Gasteiger partial charge in [-0.15, -0.1) is 0 Å². The highest BCUT2D eigenvalue weighted by Crippen LogP contribution is 2.35. The van der Waals surface area contributed by atoms with Crippen LogP contribution in [-0.4, -0.2) is 12.2 Å². The zero-order valence-corrected chi connectivity index (χ0v) is 13.7. The Morgan fingerprint density at radius 1 is 1.38 bits per heavy atom. The lowest BCUT2D eigenvalue weighted by Crippen LogP contribution is -2.36. The van der Waals surface area contributed by atoms with Crippen molar-refractivity contribution in [3.63, 3.8) is 0 Å². The van der Waals surface area contributed by atoms with Crippen LogP contribution in [0.1, 0.15) is 40.0 Å². The number of carbonyl (C=O) groups is 1. The van der Waals surface area contributed by atoms with E-state index in [1.165, 1.54) is 6.42 Å². The number of nitrogens with one attached hydrogen (secondary N) is 1. The third-order valence-corrected chi connectivity index (χ3v) is 4.53. The minimum atomic E-state index is -0.387. The first-order valence-corrected chi connectivity index (χ1v) is 8.06. The van der Waals surface area contributed by atoms with Crippen LogP contribution in [0.5, 0.6) is 0 Å². The van der Waals surface area contributed by atoms with Crippen molar-refractivity contribution in [3.05, 3.63) is 29.3 Å². The lowest BCUT2D eigenvalue weighted by molar-refractivity contribution is 0.0126. The SMILES string of the molecule is CC(C)[C@H]1CC[C@@H](C)C[C@H]1OC(=O)Nc1cccc(Cl)c1. The molecule has 0 heterocycles. The van der Waals surface area contributed by atoms with Crippen molar-refractivity contribution in [2.24, 2.45) is 17.8 Å². The topological polar surface area (TPSA) is 38.3 Å². The molecule has 0 aliphatic heterocycles. The van der Waals surface area contributed by atoms with Crippen molar-refractivity contribution in [2.45, 2.75) is 46.1 Å². The third kappa shape index (κ3) is 4.63. The van der Waals surface area contributed by atoms with Gasteiger partial charge in [-0.05, 0) is 48.8 Å². The lowest BCUT2D eigenvalue weighted by Gasteiger charge is -2.36. The molecule has 3 atom stereocenters. The van der Waals surface area contributed by atoms with E-state index in [0.717, 1.165) is 12.8 Å². The van der Waals surface area contributed by atoms with E-state index >= 15 is 0 Å². The first-order valence-electron chi connectivity index (χ1n) is 7.69. The second kappa shape index (κ2) is 7.17. The van der Waals surface area contributed by atoms with Crippen LogP contribution in [0.15, 0.2) is 24.3 Å². The molecule has 21 heavy (non-hydrogen) atoms. The van der Waals surface area contributed by atoms with Crippen LogP contribution < -0.4 is 5.32 Å². The summed E-state index contributed by atoms with van der Waals surface area (Å²) in [7, 11) is 0. The highest BCUT2D eigenvalue weighted by molar-refractivity contribution is 6.30. The summed E-state index contributed by atoms with van der Waals surface area (Å²) >= 11 is 5.91. The van der Waals surface area contributed by atoms with Crippen LogP contribution in [0.3, 0.4) is 0 Å². The van der Waals surface area contributed by atoms with Crippen LogP contribution in [0.4, 0.5) is 10.5 Å². The van der Waals surface area contributed by atoms with E-state index in [2.05, 4.69) is 26.1 Å². The predicted molar refractivity (Wildman–Crippen MR) is 86.7 cm³/mol. The molecule has 3 nitrogen and oxygen atoms in total. The number of benzene rings is 1. The fraction of sp³-hybridized carbons (Fsp3) is 0.588. The molecule has 1 aliphatic rings. The Labute approximate surface area is 132 Å². The van der Waals surface area contributed by atoms with Crippen molar-refractivity contribution >= 4 is 23.4 Å². The maximum atomic E-state index is 12.1. The van der Waals surface area contributed by atoms with Gasteiger partial charge >= 0.3 is 6.09 Å². The number of hydrogen-bond acceptors (Lipinski definition) is 2. The molecular weight excluding hydrogens is 286 g/mol. The summed E-state index contributed by atoms with van der Waals surface area (Å²) in [5, 5.41) is 3.36. The van der Waals surface area contributed by atoms with Crippen LogP contribution in [-0.2, 0) is 4.74 Å². The van der Waals surface area contributed by atoms with E-state index in [9.17, 15) is 4.79 Å². The maximum absolute atomic E-state index is 12.1. The van der Waals surface area contributed by atoms with Crippen molar-refractivity contribution in [1.82, 2.24) is 0 Å². The van der Waals surface area contributed by atoms with E-state index < -0.39 is 0 Å². The molecule has 0 bridgehead atoms. The highest BCUT2D eigenvalue weighted by atomic mass is 35.5. The molecule has 116 valence electrons. The molecule has 1 aliphatic carbocycles. The number of amides is 1. The molecule has 1 amide bonds. The Morgan fingerprint density at radius 3 is 2.81 bits per heavy atom. The van der Waals surface area contributed by atoms with Gasteiger partial charge < -0.3 is 4.74 Å². The quantitative estimate of drug-likeness (QED) is 0.817. The minimum Gasteiger partial charge on any atom is -0.446 e. The Hall–Kier alpha value is -1.22. The predicted octanol–water partition coefficient (Wildman–Crippen LogP) is 5.35. The molecular formula is C17H24ClNO2. The van der Waals surface area contributed by atoms with Crippen molar-refractivity contribution in [2.75, 3.05) is 5.32 Å². The summed E-state index contributed by atoms with van der Waals surface area (Å²) < 4.78 is 5.69. The van der Waals surface area contributed by atoms with Crippen molar-refractivity contribution in [3.8, 4) is 0 Å². The maximum Gasteiger partial charge on any atom is 0.411 e. The molecule has 0 aromatic heterocycles. The number of rotatable bonds is 3. The molecule has 0 spiro atoms. The van der Waals surface area contributed by atoms with Gasteiger partial charge in [0, 0.05) is 10.7 Å². The summed E-state index contributed by atoms with van der Waals surface area (Å²) in [5.41, 5.74) is 0.664. The second-order valence-electron chi connectivity index (χ2n) is 6.41. The summed E-state index contributed by atoms with van der Waals surface area (Å²) in [6.45, 7) is 6.62. The van der Waals surface area contributed by atoms with Gasteiger partial charge in [0.25, 0.3) is 0 Å². The molecule has 2 rings (SSSR count). The van der Waals surface area contributed by atoms with E-state index in [0.29, 0.717) is 28.5 Å². The summed E-state index contributed by atoms with van der Waals surface area (Å²) in [5.74, 6) is 1.59. The Kier molecular flexibility index (Phi) is 5.51. The number of carbonyl (C=O) groups excluding carboxylic acids is 1.